The van der Waals surface area contributed by atoms with Crippen molar-refractivity contribution in [1.29, 1.82) is 0 Å². The highest BCUT2D eigenvalue weighted by Crippen LogP contribution is 2.32. The average Bonchev–Trinajstić information content (AvgIpc) is 3.21. The number of aryl methyl sites for hydroxylation is 1. The first kappa shape index (κ1) is 24.8. The third kappa shape index (κ3) is 5.95. The predicted octanol–water partition coefficient (Wildman–Crippen LogP) is 4.13. The van der Waals surface area contributed by atoms with E-state index in [0.717, 1.165) is 29.9 Å². The fourth-order valence-corrected chi connectivity index (χ4v) is 3.96. The van der Waals surface area contributed by atoms with Crippen LogP contribution in [-0.4, -0.2) is 32.3 Å². The van der Waals surface area contributed by atoms with Crippen molar-refractivity contribution in [2.24, 2.45) is 0 Å². The molecule has 2 aromatic heterocycles. The zero-order valence-corrected chi connectivity index (χ0v) is 21.0. The van der Waals surface area contributed by atoms with Gasteiger partial charge < -0.3 is 10.6 Å². The van der Waals surface area contributed by atoms with Gasteiger partial charge >= 0.3 is 0 Å². The summed E-state index contributed by atoms with van der Waals surface area (Å²) in [4.78, 5) is 40.0. The van der Waals surface area contributed by atoms with E-state index in [-0.39, 0.29) is 29.2 Å². The van der Waals surface area contributed by atoms with Crippen molar-refractivity contribution in [3.63, 3.8) is 0 Å². The zero-order chi connectivity index (χ0) is 24.4. The number of aromatic nitrogens is 3. The van der Waals surface area contributed by atoms with E-state index < -0.39 is 5.54 Å². The van der Waals surface area contributed by atoms with Crippen molar-refractivity contribution in [2.45, 2.75) is 97.1 Å². The maximum atomic E-state index is 13.4. The summed E-state index contributed by atoms with van der Waals surface area (Å²) in [7, 11) is 0. The molecule has 0 aliphatic heterocycles. The number of hydrogen-bond donors (Lipinski definition) is 2. The normalized spacial score (nSPS) is 15.8. The molecular weight excluding hydrogens is 414 g/mol. The van der Waals surface area contributed by atoms with Crippen molar-refractivity contribution in [3.8, 4) is 0 Å². The summed E-state index contributed by atoms with van der Waals surface area (Å²) >= 11 is 0. The Morgan fingerprint density at radius 1 is 0.939 bits per heavy atom. The Hall–Kier alpha value is -2.83. The lowest BCUT2D eigenvalue weighted by Crippen LogP contribution is -2.57. The van der Waals surface area contributed by atoms with E-state index in [0.29, 0.717) is 24.1 Å². The molecule has 0 spiro atoms. The second kappa shape index (κ2) is 9.20. The number of nitrogens with zero attached hydrogens (tertiary/aromatic N) is 3. The van der Waals surface area contributed by atoms with Gasteiger partial charge in [-0.15, -0.1) is 0 Å². The van der Waals surface area contributed by atoms with Gasteiger partial charge in [0.05, 0.1) is 24.1 Å². The van der Waals surface area contributed by atoms with E-state index in [1.54, 1.807) is 12.4 Å². The van der Waals surface area contributed by atoms with Crippen molar-refractivity contribution in [3.05, 3.63) is 52.9 Å². The van der Waals surface area contributed by atoms with E-state index in [1.807, 2.05) is 19.1 Å². The van der Waals surface area contributed by atoms with Crippen LogP contribution in [0.1, 0.15) is 100 Å². The highest BCUT2D eigenvalue weighted by atomic mass is 16.2. The van der Waals surface area contributed by atoms with E-state index in [4.69, 9.17) is 4.98 Å². The van der Waals surface area contributed by atoms with Crippen LogP contribution in [0.2, 0.25) is 0 Å². The van der Waals surface area contributed by atoms with E-state index in [1.165, 1.54) is 0 Å². The van der Waals surface area contributed by atoms with Crippen molar-refractivity contribution in [1.82, 2.24) is 25.6 Å². The van der Waals surface area contributed by atoms with Gasteiger partial charge in [-0.2, -0.15) is 0 Å². The largest absolute Gasteiger partial charge is 0.348 e. The standard InChI is InChI=1S/C26H37N5O2/c1-17-14-28-19(15-27-17)16-29-23(33)26(10-8-9-11-26)31-22(32)18-12-20(24(2,3)4)30-21(13-18)25(5,6)7/h12-15H,8-11,16H2,1-7H3,(H,29,33)(H,31,32). The predicted molar refractivity (Wildman–Crippen MR) is 129 cm³/mol. The molecule has 2 N–H and O–H groups in total. The van der Waals surface area contributed by atoms with Gasteiger partial charge in [-0.05, 0) is 31.9 Å². The Balaban J connectivity index is 1.83. The number of carbonyl (C=O) groups excluding carboxylic acids is 2. The first-order valence-corrected chi connectivity index (χ1v) is 11.7. The molecule has 7 nitrogen and oxygen atoms in total. The maximum Gasteiger partial charge on any atom is 0.252 e. The van der Waals surface area contributed by atoms with Gasteiger partial charge in [-0.25, -0.2) is 0 Å². The highest BCUT2D eigenvalue weighted by molar-refractivity contribution is 5.99. The molecule has 0 bridgehead atoms. The molecule has 0 atom stereocenters. The minimum Gasteiger partial charge on any atom is -0.348 e. The summed E-state index contributed by atoms with van der Waals surface area (Å²) in [5.41, 5.74) is 2.47. The Morgan fingerprint density at radius 3 is 2.00 bits per heavy atom. The number of nitrogens with one attached hydrogen (secondary N) is 2. The molecule has 3 rings (SSSR count). The van der Waals surface area contributed by atoms with Crippen molar-refractivity contribution >= 4 is 11.8 Å². The van der Waals surface area contributed by atoms with Gasteiger partial charge in [0.15, 0.2) is 0 Å². The summed E-state index contributed by atoms with van der Waals surface area (Å²) in [6, 6.07) is 3.71. The van der Waals surface area contributed by atoms with Crippen LogP contribution in [0.25, 0.3) is 0 Å². The van der Waals surface area contributed by atoms with Gasteiger partial charge in [0, 0.05) is 34.0 Å². The quantitative estimate of drug-likeness (QED) is 0.712. The minimum absolute atomic E-state index is 0.170. The maximum absolute atomic E-state index is 13.4. The lowest BCUT2D eigenvalue weighted by Gasteiger charge is -2.30. The highest BCUT2D eigenvalue weighted by Gasteiger charge is 2.42. The molecule has 1 aliphatic rings. The lowest BCUT2D eigenvalue weighted by atomic mass is 9.86. The molecule has 0 radical (unpaired) electrons. The number of hydrogen-bond acceptors (Lipinski definition) is 5. The molecule has 0 saturated heterocycles. The molecule has 1 aliphatic carbocycles. The van der Waals surface area contributed by atoms with Crippen LogP contribution in [0.3, 0.4) is 0 Å². The number of rotatable bonds is 5. The third-order valence-electron chi connectivity index (χ3n) is 6.13. The molecular formula is C26H37N5O2. The summed E-state index contributed by atoms with van der Waals surface area (Å²) in [5, 5.41) is 6.06. The fraction of sp³-hybridized carbons (Fsp3) is 0.577. The Bertz CT molecular complexity index is 978. The molecule has 0 aromatic carbocycles. The van der Waals surface area contributed by atoms with E-state index in [2.05, 4.69) is 62.1 Å². The molecule has 0 unspecified atom stereocenters. The molecule has 178 valence electrons. The average molecular weight is 452 g/mol. The van der Waals surface area contributed by atoms with E-state index in [9.17, 15) is 9.59 Å². The molecule has 1 saturated carbocycles. The first-order valence-electron chi connectivity index (χ1n) is 11.7. The van der Waals surface area contributed by atoms with Crippen LogP contribution in [0.15, 0.2) is 24.5 Å². The summed E-state index contributed by atoms with van der Waals surface area (Å²) < 4.78 is 0. The van der Waals surface area contributed by atoms with Crippen molar-refractivity contribution in [2.75, 3.05) is 0 Å². The van der Waals surface area contributed by atoms with Gasteiger partial charge in [-0.1, -0.05) is 54.4 Å². The Morgan fingerprint density at radius 2 is 1.52 bits per heavy atom. The summed E-state index contributed by atoms with van der Waals surface area (Å²) in [6.45, 7) is 14.7. The Kier molecular flexibility index (Phi) is 6.91. The summed E-state index contributed by atoms with van der Waals surface area (Å²) in [6.07, 6.45) is 6.37. The second-order valence-electron chi connectivity index (χ2n) is 11.2. The summed E-state index contributed by atoms with van der Waals surface area (Å²) in [5.74, 6) is -0.405. The van der Waals surface area contributed by atoms with Crippen LogP contribution < -0.4 is 10.6 Å². The van der Waals surface area contributed by atoms with Crippen LogP contribution in [0, 0.1) is 6.92 Å². The SMILES string of the molecule is Cc1cnc(CNC(=O)C2(NC(=O)c3cc(C(C)(C)C)nc(C(C)(C)C)c3)CCCC2)cn1. The fourth-order valence-electron chi connectivity index (χ4n) is 3.96. The van der Waals surface area contributed by atoms with Crippen LogP contribution in [0.5, 0.6) is 0 Å². The lowest BCUT2D eigenvalue weighted by molar-refractivity contribution is -0.127. The van der Waals surface area contributed by atoms with Gasteiger partial charge in [-0.3, -0.25) is 24.5 Å². The number of carbonyl (C=O) groups is 2. The Labute approximate surface area is 197 Å². The zero-order valence-electron chi connectivity index (χ0n) is 21.0. The molecule has 2 aromatic rings. The van der Waals surface area contributed by atoms with Gasteiger partial charge in [0.25, 0.3) is 5.91 Å². The number of pyridine rings is 1. The molecule has 1 fully saturated rings. The van der Waals surface area contributed by atoms with E-state index >= 15 is 0 Å². The molecule has 2 amide bonds. The minimum atomic E-state index is -0.914. The molecule has 2 heterocycles. The van der Waals surface area contributed by atoms with Crippen LogP contribution in [-0.2, 0) is 22.2 Å². The smallest absolute Gasteiger partial charge is 0.252 e. The second-order valence-corrected chi connectivity index (χ2v) is 11.2. The third-order valence-corrected chi connectivity index (χ3v) is 6.13. The topological polar surface area (TPSA) is 96.9 Å². The first-order chi connectivity index (χ1) is 15.3. The number of amides is 2. The molecule has 33 heavy (non-hydrogen) atoms. The molecule has 7 heteroatoms. The van der Waals surface area contributed by atoms with Crippen molar-refractivity contribution < 1.29 is 9.59 Å². The van der Waals surface area contributed by atoms with Gasteiger partial charge in [0.1, 0.15) is 5.54 Å². The van der Waals surface area contributed by atoms with Gasteiger partial charge in [0.2, 0.25) is 5.91 Å². The monoisotopic (exact) mass is 451 g/mol. The van der Waals surface area contributed by atoms with Crippen LogP contribution in [0.4, 0.5) is 0 Å². The van der Waals surface area contributed by atoms with Crippen LogP contribution >= 0.6 is 0 Å².